The molecule has 5 nitrogen and oxygen atoms in total. The number of thioether (sulfide) groups is 1. The number of rotatable bonds is 4. The van der Waals surface area contributed by atoms with Gasteiger partial charge in [0.2, 0.25) is 5.95 Å². The van der Waals surface area contributed by atoms with Gasteiger partial charge in [0.1, 0.15) is 0 Å². The highest BCUT2D eigenvalue weighted by Gasteiger charge is 2.27. The van der Waals surface area contributed by atoms with Crippen molar-refractivity contribution in [2.45, 2.75) is 31.0 Å². The summed E-state index contributed by atoms with van der Waals surface area (Å²) in [5.74, 6) is -0.0389. The zero-order valence-electron chi connectivity index (χ0n) is 14.4. The van der Waals surface area contributed by atoms with Crippen LogP contribution in [0.15, 0.2) is 29.4 Å². The maximum atomic E-state index is 12.4. The number of hydrogen-bond acceptors (Lipinski definition) is 6. The molecular weight excluding hydrogens is 413 g/mol. The Labute approximate surface area is 167 Å². The first-order valence-corrected chi connectivity index (χ1v) is 9.70. The standard InChI is InChI=1S/C18H14ClF3N4OS/c19-12-6-10-8-27-7-9-2-1-3-11(13(9)10)14(12)15-24-16(23)26-17(25-15)28-5-4-18(20,21)22/h1-3,6H,4-5,7-8H2,(H2,23,24,25,26). The van der Waals surface area contributed by atoms with Crippen LogP contribution in [0.4, 0.5) is 19.1 Å². The maximum absolute atomic E-state index is 12.4. The SMILES string of the molecule is Nc1nc(SCCC(F)(F)F)nc(-c2c(Cl)cc3c4c(cccc24)COC3)n1. The van der Waals surface area contributed by atoms with Gasteiger partial charge in [-0.1, -0.05) is 41.6 Å². The van der Waals surface area contributed by atoms with Gasteiger partial charge in [-0.05, 0) is 28.0 Å². The van der Waals surface area contributed by atoms with Gasteiger partial charge in [-0.2, -0.15) is 23.1 Å². The third-order valence-electron chi connectivity index (χ3n) is 4.27. The first kappa shape index (κ1) is 19.2. The van der Waals surface area contributed by atoms with Crippen LogP contribution < -0.4 is 5.73 Å². The van der Waals surface area contributed by atoms with Crippen molar-refractivity contribution >= 4 is 40.1 Å². The van der Waals surface area contributed by atoms with Crippen molar-refractivity contribution in [2.24, 2.45) is 0 Å². The van der Waals surface area contributed by atoms with Crippen LogP contribution >= 0.6 is 23.4 Å². The molecule has 1 aliphatic rings. The minimum absolute atomic E-state index is 0.0700. The smallest absolute Gasteiger partial charge is 0.372 e. The first-order valence-electron chi connectivity index (χ1n) is 8.34. The lowest BCUT2D eigenvalue weighted by Crippen LogP contribution is -2.09. The second-order valence-corrected chi connectivity index (χ2v) is 7.71. The van der Waals surface area contributed by atoms with Crippen LogP contribution in [-0.4, -0.2) is 26.9 Å². The molecule has 2 N–H and O–H groups in total. The average molecular weight is 427 g/mol. The fraction of sp³-hybridized carbons (Fsp3) is 0.278. The number of benzene rings is 2. The molecule has 0 radical (unpaired) electrons. The molecular formula is C18H14ClF3N4OS. The van der Waals surface area contributed by atoms with Crippen LogP contribution in [0.1, 0.15) is 17.5 Å². The Bertz CT molecular complexity index is 1060. The molecule has 0 atom stereocenters. The van der Waals surface area contributed by atoms with E-state index < -0.39 is 12.6 Å². The van der Waals surface area contributed by atoms with E-state index >= 15 is 0 Å². The lowest BCUT2D eigenvalue weighted by molar-refractivity contribution is -0.129. The molecule has 0 unspecified atom stereocenters. The second kappa shape index (κ2) is 7.38. The lowest BCUT2D eigenvalue weighted by Gasteiger charge is -2.20. The Hall–Kier alpha value is -2.10. The third-order valence-corrected chi connectivity index (χ3v) is 5.42. The van der Waals surface area contributed by atoms with E-state index in [2.05, 4.69) is 15.0 Å². The van der Waals surface area contributed by atoms with E-state index in [4.69, 9.17) is 22.1 Å². The number of ether oxygens (including phenoxy) is 1. The minimum Gasteiger partial charge on any atom is -0.372 e. The topological polar surface area (TPSA) is 73.9 Å². The molecule has 0 fully saturated rings. The van der Waals surface area contributed by atoms with Crippen molar-refractivity contribution in [1.29, 1.82) is 0 Å². The van der Waals surface area contributed by atoms with Gasteiger partial charge in [0, 0.05) is 11.3 Å². The van der Waals surface area contributed by atoms with Crippen molar-refractivity contribution in [3.63, 3.8) is 0 Å². The lowest BCUT2D eigenvalue weighted by atomic mass is 9.94. The quantitative estimate of drug-likeness (QED) is 0.591. The number of nitrogens with two attached hydrogens (primary N) is 1. The highest BCUT2D eigenvalue weighted by molar-refractivity contribution is 7.99. The number of hydrogen-bond donors (Lipinski definition) is 1. The third kappa shape index (κ3) is 3.87. The Balaban J connectivity index is 1.79. The highest BCUT2D eigenvalue weighted by atomic mass is 35.5. The zero-order chi connectivity index (χ0) is 19.9. The molecule has 2 aromatic carbocycles. The molecule has 0 saturated heterocycles. The van der Waals surface area contributed by atoms with Gasteiger partial charge in [-0.25, -0.2) is 4.98 Å². The van der Waals surface area contributed by atoms with E-state index in [-0.39, 0.29) is 22.7 Å². The molecule has 0 bridgehead atoms. The van der Waals surface area contributed by atoms with Crippen LogP contribution in [0.5, 0.6) is 0 Å². The van der Waals surface area contributed by atoms with E-state index in [9.17, 15) is 13.2 Å². The molecule has 0 amide bonds. The molecule has 0 saturated carbocycles. The van der Waals surface area contributed by atoms with Crippen LogP contribution in [0.3, 0.4) is 0 Å². The molecule has 0 aliphatic carbocycles. The summed E-state index contributed by atoms with van der Waals surface area (Å²) in [5, 5.41) is 2.42. The summed E-state index contributed by atoms with van der Waals surface area (Å²) >= 11 is 7.39. The summed E-state index contributed by atoms with van der Waals surface area (Å²) < 4.78 is 42.8. The monoisotopic (exact) mass is 426 g/mol. The van der Waals surface area contributed by atoms with E-state index in [0.29, 0.717) is 23.8 Å². The second-order valence-electron chi connectivity index (χ2n) is 6.24. The van der Waals surface area contributed by atoms with Gasteiger partial charge in [-0.15, -0.1) is 0 Å². The Morgan fingerprint density at radius 2 is 1.93 bits per heavy atom. The number of halogens is 4. The predicted octanol–water partition coefficient (Wildman–Crippen LogP) is 5.00. The van der Waals surface area contributed by atoms with Crippen molar-refractivity contribution in [3.8, 4) is 11.4 Å². The van der Waals surface area contributed by atoms with E-state index in [1.165, 1.54) is 0 Å². The molecule has 3 aromatic rings. The number of anilines is 1. The van der Waals surface area contributed by atoms with Gasteiger partial charge in [0.25, 0.3) is 0 Å². The van der Waals surface area contributed by atoms with Crippen LogP contribution in [0.25, 0.3) is 22.2 Å². The summed E-state index contributed by atoms with van der Waals surface area (Å²) in [6.45, 7) is 0.939. The summed E-state index contributed by atoms with van der Waals surface area (Å²) in [5.41, 5.74) is 8.36. The van der Waals surface area contributed by atoms with Gasteiger partial charge in [0.05, 0.1) is 24.7 Å². The molecule has 146 valence electrons. The van der Waals surface area contributed by atoms with Crippen molar-refractivity contribution in [3.05, 3.63) is 40.4 Å². The van der Waals surface area contributed by atoms with E-state index in [1.807, 2.05) is 18.2 Å². The number of alkyl halides is 3. The van der Waals surface area contributed by atoms with Crippen molar-refractivity contribution in [2.75, 3.05) is 11.5 Å². The number of aromatic nitrogens is 3. The molecule has 1 aromatic heterocycles. The van der Waals surface area contributed by atoms with Crippen molar-refractivity contribution in [1.82, 2.24) is 15.0 Å². The van der Waals surface area contributed by atoms with Gasteiger partial charge < -0.3 is 10.5 Å². The van der Waals surface area contributed by atoms with E-state index in [0.717, 1.165) is 33.7 Å². The molecule has 1 aliphatic heterocycles. The summed E-state index contributed by atoms with van der Waals surface area (Å²) in [4.78, 5) is 12.4. The normalized spacial score (nSPS) is 13.9. The zero-order valence-corrected chi connectivity index (χ0v) is 16.0. The Kier molecular flexibility index (Phi) is 5.07. The van der Waals surface area contributed by atoms with Gasteiger partial charge in [-0.3, -0.25) is 0 Å². The number of nitrogens with zero attached hydrogens (tertiary/aromatic N) is 3. The molecule has 28 heavy (non-hydrogen) atoms. The summed E-state index contributed by atoms with van der Waals surface area (Å²) in [6, 6.07) is 7.58. The highest BCUT2D eigenvalue weighted by Crippen LogP contribution is 2.40. The minimum atomic E-state index is -4.24. The van der Waals surface area contributed by atoms with E-state index in [1.54, 1.807) is 6.07 Å². The number of nitrogen functional groups attached to an aromatic ring is 1. The van der Waals surface area contributed by atoms with Crippen molar-refractivity contribution < 1.29 is 17.9 Å². The molecule has 4 rings (SSSR count). The Morgan fingerprint density at radius 3 is 2.71 bits per heavy atom. The Morgan fingerprint density at radius 1 is 1.14 bits per heavy atom. The predicted molar refractivity (Wildman–Crippen MR) is 102 cm³/mol. The van der Waals surface area contributed by atoms with Gasteiger partial charge >= 0.3 is 6.18 Å². The summed E-state index contributed by atoms with van der Waals surface area (Å²) in [6.07, 6.45) is -5.18. The maximum Gasteiger partial charge on any atom is 0.389 e. The first-order chi connectivity index (χ1) is 13.3. The van der Waals surface area contributed by atoms with Crippen LogP contribution in [-0.2, 0) is 18.0 Å². The summed E-state index contributed by atoms with van der Waals surface area (Å²) in [7, 11) is 0. The molecule has 2 heterocycles. The molecule has 0 spiro atoms. The largest absolute Gasteiger partial charge is 0.389 e. The van der Waals surface area contributed by atoms with Crippen LogP contribution in [0.2, 0.25) is 5.02 Å². The fourth-order valence-electron chi connectivity index (χ4n) is 3.15. The molecule has 10 heteroatoms. The van der Waals surface area contributed by atoms with Gasteiger partial charge in [0.15, 0.2) is 11.0 Å². The van der Waals surface area contributed by atoms with Crippen LogP contribution in [0, 0.1) is 0 Å². The average Bonchev–Trinajstić information content (AvgIpc) is 2.60. The fourth-order valence-corrected chi connectivity index (χ4v) is 4.30.